The maximum atomic E-state index is 11.4. The second-order valence-electron chi connectivity index (χ2n) is 4.39. The van der Waals surface area contributed by atoms with E-state index in [1.54, 1.807) is 13.8 Å². The summed E-state index contributed by atoms with van der Waals surface area (Å²) in [5.74, 6) is -0.724. The Hall–Kier alpha value is -1.62. The number of hydrogen-bond acceptors (Lipinski definition) is 5. The van der Waals surface area contributed by atoms with Crippen molar-refractivity contribution < 1.29 is 24.2 Å². The summed E-state index contributed by atoms with van der Waals surface area (Å²) < 4.78 is 10.2. The maximum absolute atomic E-state index is 11.4. The molecule has 0 aliphatic carbocycles. The number of carbonyl (C=O) groups excluding carboxylic acids is 2. The molecule has 1 N–H and O–H groups in total. The van der Waals surface area contributed by atoms with E-state index >= 15 is 0 Å². The molecule has 0 aromatic rings. The molecule has 0 rings (SSSR count). The molecule has 5 heteroatoms. The van der Waals surface area contributed by atoms with Gasteiger partial charge in [-0.2, -0.15) is 0 Å². The van der Waals surface area contributed by atoms with Crippen LogP contribution in [0.2, 0.25) is 0 Å². The summed E-state index contributed by atoms with van der Waals surface area (Å²) >= 11 is 0. The summed E-state index contributed by atoms with van der Waals surface area (Å²) in [5, 5.41) is 9.31. The van der Waals surface area contributed by atoms with Crippen molar-refractivity contribution in [3.8, 4) is 0 Å². The van der Waals surface area contributed by atoms with Crippen molar-refractivity contribution in [2.24, 2.45) is 0 Å². The lowest BCUT2D eigenvalue weighted by atomic mass is 9.98. The number of ether oxygens (including phenoxy) is 2. The first-order chi connectivity index (χ1) is 8.70. The molecule has 0 aromatic carbocycles. The van der Waals surface area contributed by atoms with Gasteiger partial charge in [0.15, 0.2) is 0 Å². The number of rotatable bonds is 7. The average Bonchev–Trinajstić information content (AvgIpc) is 2.29. The van der Waals surface area contributed by atoms with Crippen LogP contribution in [-0.2, 0) is 19.1 Å². The highest BCUT2D eigenvalue weighted by atomic mass is 16.6. The number of carbonyl (C=O) groups is 2. The van der Waals surface area contributed by atoms with E-state index in [1.807, 2.05) is 0 Å². The molecule has 0 saturated heterocycles. The predicted molar refractivity (Wildman–Crippen MR) is 71.1 cm³/mol. The normalized spacial score (nSPS) is 13.6. The predicted octanol–water partition coefficient (Wildman–Crippen LogP) is 1.57. The van der Waals surface area contributed by atoms with Gasteiger partial charge in [0.1, 0.15) is 12.2 Å². The van der Waals surface area contributed by atoms with E-state index in [-0.39, 0.29) is 17.8 Å². The molecule has 5 nitrogen and oxygen atoms in total. The highest BCUT2D eigenvalue weighted by Crippen LogP contribution is 2.19. The fourth-order valence-electron chi connectivity index (χ4n) is 1.26. The Labute approximate surface area is 113 Å². The number of hydrogen-bond donors (Lipinski definition) is 1. The van der Waals surface area contributed by atoms with E-state index in [0.717, 1.165) is 0 Å². The van der Waals surface area contributed by atoms with Gasteiger partial charge in [-0.15, -0.1) is 0 Å². The first-order valence-corrected chi connectivity index (χ1v) is 5.90. The van der Waals surface area contributed by atoms with E-state index in [4.69, 9.17) is 9.47 Å². The van der Waals surface area contributed by atoms with Gasteiger partial charge in [0.25, 0.3) is 0 Å². The van der Waals surface area contributed by atoms with Gasteiger partial charge in [0.2, 0.25) is 0 Å². The molecule has 0 bridgehead atoms. The lowest BCUT2D eigenvalue weighted by Crippen LogP contribution is -2.35. The van der Waals surface area contributed by atoms with Crippen LogP contribution >= 0.6 is 0 Å². The Morgan fingerprint density at radius 1 is 1.00 bits per heavy atom. The number of esters is 2. The minimum atomic E-state index is -0.679. The third kappa shape index (κ3) is 5.70. The summed E-state index contributed by atoms with van der Waals surface area (Å²) in [4.78, 5) is 22.8. The Morgan fingerprint density at radius 3 is 1.53 bits per heavy atom. The van der Waals surface area contributed by atoms with Gasteiger partial charge >= 0.3 is 11.9 Å². The van der Waals surface area contributed by atoms with Crippen molar-refractivity contribution in [2.75, 3.05) is 6.61 Å². The Kier molecular flexibility index (Phi) is 7.08. The van der Waals surface area contributed by atoms with Crippen molar-refractivity contribution in [1.82, 2.24) is 0 Å². The van der Waals surface area contributed by atoms with Crippen LogP contribution in [0.15, 0.2) is 24.3 Å². The zero-order valence-electron chi connectivity index (χ0n) is 11.9. The molecular weight excluding hydrogens is 248 g/mol. The first-order valence-electron chi connectivity index (χ1n) is 5.90. The molecule has 0 heterocycles. The molecule has 0 fully saturated rings. The Bertz CT molecular complexity index is 338. The van der Waals surface area contributed by atoms with Gasteiger partial charge in [-0.3, -0.25) is 0 Å². The fraction of sp³-hybridized carbons (Fsp3) is 0.500. The summed E-state index contributed by atoms with van der Waals surface area (Å²) in [6.45, 7) is 12.8. The monoisotopic (exact) mass is 269 g/mol. The third-order valence-electron chi connectivity index (χ3n) is 2.49. The second-order valence-corrected chi connectivity index (χ2v) is 4.39. The molecule has 0 saturated carbocycles. The molecule has 2 unspecified atom stereocenters. The van der Waals surface area contributed by atoms with Gasteiger partial charge in [0, 0.05) is 11.1 Å². The molecule has 107 valence electrons. The molecule has 0 aliphatic rings. The van der Waals surface area contributed by atoms with Gasteiger partial charge in [-0.25, -0.2) is 9.59 Å². The smallest absolute Gasteiger partial charge is 0.333 e. The summed E-state index contributed by atoms with van der Waals surface area (Å²) in [6, 6.07) is 0. The van der Waals surface area contributed by atoms with Crippen LogP contribution in [0.1, 0.15) is 27.7 Å². The Balaban J connectivity index is 4.62. The highest BCUT2D eigenvalue weighted by Gasteiger charge is 2.29. The van der Waals surface area contributed by atoms with E-state index in [9.17, 15) is 14.7 Å². The maximum Gasteiger partial charge on any atom is 0.333 e. The van der Waals surface area contributed by atoms with Crippen molar-refractivity contribution in [1.29, 1.82) is 0 Å². The van der Waals surface area contributed by atoms with Gasteiger partial charge in [-0.05, 0) is 27.7 Å². The summed E-state index contributed by atoms with van der Waals surface area (Å²) in [6.07, 6.45) is -1.36. The minimum absolute atomic E-state index is 0.260. The SMILES string of the molecule is C=C(C)C(=O)OC(C)[C](CO)C(C)OC(=O)C(=C)C. The largest absolute Gasteiger partial charge is 0.458 e. The molecule has 2 atom stereocenters. The lowest BCUT2D eigenvalue weighted by Gasteiger charge is -2.26. The zero-order chi connectivity index (χ0) is 15.2. The van der Waals surface area contributed by atoms with Crippen LogP contribution in [-0.4, -0.2) is 35.9 Å². The van der Waals surface area contributed by atoms with E-state index in [0.29, 0.717) is 5.92 Å². The fourth-order valence-corrected chi connectivity index (χ4v) is 1.26. The number of aliphatic hydroxyl groups excluding tert-OH is 1. The topological polar surface area (TPSA) is 72.8 Å². The van der Waals surface area contributed by atoms with Crippen molar-refractivity contribution in [2.45, 2.75) is 39.9 Å². The summed E-state index contributed by atoms with van der Waals surface area (Å²) in [5.41, 5.74) is 0.520. The average molecular weight is 269 g/mol. The van der Waals surface area contributed by atoms with Crippen LogP contribution < -0.4 is 0 Å². The second kappa shape index (κ2) is 7.74. The highest BCUT2D eigenvalue weighted by molar-refractivity contribution is 5.87. The quantitative estimate of drug-likeness (QED) is 0.561. The van der Waals surface area contributed by atoms with Crippen LogP contribution in [0, 0.1) is 5.92 Å². The van der Waals surface area contributed by atoms with E-state index in [1.165, 1.54) is 13.8 Å². The molecular formula is C14H21O5. The first kappa shape index (κ1) is 17.4. The van der Waals surface area contributed by atoms with Crippen LogP contribution in [0.5, 0.6) is 0 Å². The van der Waals surface area contributed by atoms with Crippen LogP contribution in [0.25, 0.3) is 0 Å². The zero-order valence-corrected chi connectivity index (χ0v) is 11.9. The van der Waals surface area contributed by atoms with Gasteiger partial charge < -0.3 is 14.6 Å². The minimum Gasteiger partial charge on any atom is -0.458 e. The van der Waals surface area contributed by atoms with Gasteiger partial charge in [0.05, 0.1) is 12.5 Å². The third-order valence-corrected chi connectivity index (χ3v) is 2.49. The molecule has 0 spiro atoms. The van der Waals surface area contributed by atoms with Crippen molar-refractivity contribution in [3.63, 3.8) is 0 Å². The van der Waals surface area contributed by atoms with Crippen LogP contribution in [0.4, 0.5) is 0 Å². The van der Waals surface area contributed by atoms with E-state index in [2.05, 4.69) is 13.2 Å². The molecule has 1 radical (unpaired) electrons. The molecule has 0 aromatic heterocycles. The number of aliphatic hydroxyl groups is 1. The molecule has 19 heavy (non-hydrogen) atoms. The van der Waals surface area contributed by atoms with Crippen molar-refractivity contribution in [3.05, 3.63) is 30.2 Å². The molecule has 0 aliphatic heterocycles. The van der Waals surface area contributed by atoms with Crippen molar-refractivity contribution >= 4 is 11.9 Å². The summed E-state index contributed by atoms with van der Waals surface area (Å²) in [7, 11) is 0. The Morgan fingerprint density at radius 2 is 1.32 bits per heavy atom. The molecule has 0 amide bonds. The van der Waals surface area contributed by atoms with E-state index < -0.39 is 24.1 Å². The lowest BCUT2D eigenvalue weighted by molar-refractivity contribution is -0.147. The standard InChI is InChI=1S/C14H21O5/c1-8(2)13(16)18-10(5)12(7-15)11(6)19-14(17)9(3)4/h10-11,15H,1,3,7H2,2,4-6H3. The van der Waals surface area contributed by atoms with Gasteiger partial charge in [-0.1, -0.05) is 13.2 Å². The van der Waals surface area contributed by atoms with Crippen LogP contribution in [0.3, 0.4) is 0 Å².